The normalized spacial score (nSPS) is 31.4. The Balaban J connectivity index is 1.94. The Bertz CT molecular complexity index is 828. The fraction of sp³-hybridized carbons (Fsp3) is 0.524. The quantitative estimate of drug-likeness (QED) is 0.373. The first-order valence-electron chi connectivity index (χ1n) is 10.1. The Labute approximate surface area is 179 Å². The highest BCUT2D eigenvalue weighted by Crippen LogP contribution is 2.32. The lowest BCUT2D eigenvalue weighted by atomic mass is 9.93. The van der Waals surface area contributed by atoms with Gasteiger partial charge < -0.3 is 35.2 Å². The molecule has 0 spiro atoms. The van der Waals surface area contributed by atoms with Gasteiger partial charge in [-0.25, -0.2) is 9.59 Å². The van der Waals surface area contributed by atoms with E-state index in [0.29, 0.717) is 11.3 Å². The average Bonchev–Trinajstić information content (AvgIpc) is 2.76. The van der Waals surface area contributed by atoms with Crippen LogP contribution in [0.3, 0.4) is 0 Å². The van der Waals surface area contributed by atoms with Gasteiger partial charge in [-0.2, -0.15) is 0 Å². The lowest BCUT2D eigenvalue weighted by molar-refractivity contribution is -0.230. The Morgan fingerprint density at radius 2 is 1.77 bits per heavy atom. The molecule has 170 valence electrons. The number of carbonyl (C=O) groups is 2. The Morgan fingerprint density at radius 1 is 1.13 bits per heavy atom. The van der Waals surface area contributed by atoms with Crippen LogP contribution in [0.5, 0.6) is 0 Å². The molecule has 6 atom stereocenters. The number of allylic oxidation sites excluding steroid dienone is 1. The average molecular weight is 436 g/mol. The predicted octanol–water partition coefficient (Wildman–Crippen LogP) is -0.568. The summed E-state index contributed by atoms with van der Waals surface area (Å²) < 4.78 is 10.7. The number of hydrogen-bond acceptors (Lipinski definition) is 8. The van der Waals surface area contributed by atoms with Crippen LogP contribution in [-0.4, -0.2) is 87.6 Å². The molecule has 2 heterocycles. The molecule has 0 unspecified atom stereocenters. The first-order valence-corrected chi connectivity index (χ1v) is 10.1. The number of nitrogens with one attached hydrogen (secondary N) is 1. The highest BCUT2D eigenvalue weighted by molar-refractivity contribution is 5.95. The molecule has 1 aromatic carbocycles. The van der Waals surface area contributed by atoms with Crippen molar-refractivity contribution < 1.29 is 39.5 Å². The number of aliphatic hydroxyl groups excluding tert-OH is 4. The van der Waals surface area contributed by atoms with E-state index in [1.54, 1.807) is 38.1 Å². The topological polar surface area (TPSA) is 149 Å². The minimum Gasteiger partial charge on any atom is -0.463 e. The number of esters is 1. The third kappa shape index (κ3) is 4.58. The molecule has 0 bridgehead atoms. The number of amides is 2. The van der Waals surface area contributed by atoms with Gasteiger partial charge in [-0.15, -0.1) is 0 Å². The van der Waals surface area contributed by atoms with E-state index >= 15 is 0 Å². The lowest BCUT2D eigenvalue weighted by Crippen LogP contribution is -2.62. The van der Waals surface area contributed by atoms with E-state index in [1.165, 1.54) is 4.90 Å². The van der Waals surface area contributed by atoms with E-state index in [9.17, 15) is 30.0 Å². The largest absolute Gasteiger partial charge is 0.463 e. The number of carbonyl (C=O) groups excluding carboxylic acids is 2. The second-order valence-corrected chi connectivity index (χ2v) is 7.49. The van der Waals surface area contributed by atoms with Crippen LogP contribution in [0.1, 0.15) is 25.5 Å². The highest BCUT2D eigenvalue weighted by Gasteiger charge is 2.45. The third-order valence-corrected chi connectivity index (χ3v) is 5.58. The number of nitrogens with zero attached hydrogens (tertiary/aromatic N) is 1. The highest BCUT2D eigenvalue weighted by atomic mass is 16.5. The fourth-order valence-electron chi connectivity index (χ4n) is 3.88. The molecule has 31 heavy (non-hydrogen) atoms. The molecular weight excluding hydrogens is 408 g/mol. The van der Waals surface area contributed by atoms with Crippen molar-refractivity contribution in [3.05, 3.63) is 47.2 Å². The summed E-state index contributed by atoms with van der Waals surface area (Å²) in [7, 11) is 0. The van der Waals surface area contributed by atoms with Crippen LogP contribution >= 0.6 is 0 Å². The van der Waals surface area contributed by atoms with Gasteiger partial charge in [0.25, 0.3) is 0 Å². The Morgan fingerprint density at radius 3 is 2.39 bits per heavy atom. The van der Waals surface area contributed by atoms with Crippen molar-refractivity contribution in [2.24, 2.45) is 0 Å². The molecule has 3 rings (SSSR count). The van der Waals surface area contributed by atoms with Gasteiger partial charge >= 0.3 is 12.0 Å². The molecule has 0 saturated carbocycles. The number of urea groups is 1. The molecule has 5 N–H and O–H groups in total. The smallest absolute Gasteiger partial charge is 0.338 e. The van der Waals surface area contributed by atoms with Crippen LogP contribution in [0.2, 0.25) is 0 Å². The van der Waals surface area contributed by atoms with Crippen molar-refractivity contribution in [3.63, 3.8) is 0 Å². The van der Waals surface area contributed by atoms with Crippen LogP contribution < -0.4 is 5.32 Å². The molecule has 0 radical (unpaired) electrons. The van der Waals surface area contributed by atoms with Gasteiger partial charge in [0, 0.05) is 5.70 Å². The second-order valence-electron chi connectivity index (χ2n) is 7.49. The molecule has 1 saturated heterocycles. The predicted molar refractivity (Wildman–Crippen MR) is 108 cm³/mol. The van der Waals surface area contributed by atoms with Crippen molar-refractivity contribution in [1.82, 2.24) is 10.2 Å². The van der Waals surface area contributed by atoms with Gasteiger partial charge in [0.1, 0.15) is 30.5 Å². The molecule has 2 amide bonds. The molecular formula is C21H28N2O8. The van der Waals surface area contributed by atoms with E-state index in [0.717, 1.165) is 0 Å². The fourth-order valence-corrected chi connectivity index (χ4v) is 3.88. The summed E-state index contributed by atoms with van der Waals surface area (Å²) in [6.45, 7) is 2.62. The molecule has 0 aliphatic carbocycles. The van der Waals surface area contributed by atoms with Crippen molar-refractivity contribution in [1.29, 1.82) is 0 Å². The van der Waals surface area contributed by atoms with Crippen molar-refractivity contribution in [3.8, 4) is 0 Å². The Hall–Kier alpha value is -2.50. The van der Waals surface area contributed by atoms with Gasteiger partial charge in [-0.05, 0) is 19.4 Å². The zero-order chi connectivity index (χ0) is 22.7. The first-order chi connectivity index (χ1) is 14.8. The summed E-state index contributed by atoms with van der Waals surface area (Å²) in [5.74, 6) is -0.590. The summed E-state index contributed by atoms with van der Waals surface area (Å²) in [6, 6.07) is 7.71. The SMILES string of the molecule is CCOC(=O)C1=C(C)N(C[C@@H]2O[C@H](CO)[C@@H](O)[C@H](O)[C@@H]2O)C(=O)N[C@H]1c1ccccc1. The maximum atomic E-state index is 12.9. The second kappa shape index (κ2) is 9.75. The summed E-state index contributed by atoms with van der Waals surface area (Å²) in [6.07, 6.45) is -6.76. The van der Waals surface area contributed by atoms with Gasteiger partial charge in [0.15, 0.2) is 0 Å². The standard InChI is InChI=1S/C21H28N2O8/c1-3-30-20(28)15-11(2)23(21(29)22-16(15)12-7-5-4-6-8-12)9-13-17(25)19(27)18(26)14(10-24)31-13/h4-8,13-14,16-19,24-27H,3,9-10H2,1-2H3,(H,22,29)/t13-,14+,16-,17+,18+,19+/m0/s1. The van der Waals surface area contributed by atoms with Crippen LogP contribution in [-0.2, 0) is 14.3 Å². The summed E-state index contributed by atoms with van der Waals surface area (Å²) in [5, 5.41) is 42.5. The maximum absolute atomic E-state index is 12.9. The molecule has 1 aromatic rings. The van der Waals surface area contributed by atoms with Gasteiger partial charge in [0.2, 0.25) is 0 Å². The van der Waals surface area contributed by atoms with Crippen LogP contribution in [0.15, 0.2) is 41.6 Å². The molecule has 10 heteroatoms. The minimum absolute atomic E-state index is 0.151. The molecule has 0 aromatic heterocycles. The molecule has 2 aliphatic rings. The summed E-state index contributed by atoms with van der Waals surface area (Å²) >= 11 is 0. The van der Waals surface area contributed by atoms with Crippen LogP contribution in [0.25, 0.3) is 0 Å². The maximum Gasteiger partial charge on any atom is 0.338 e. The summed E-state index contributed by atoms with van der Waals surface area (Å²) in [4.78, 5) is 26.9. The van der Waals surface area contributed by atoms with E-state index in [-0.39, 0.29) is 18.7 Å². The summed E-state index contributed by atoms with van der Waals surface area (Å²) in [5.41, 5.74) is 1.25. The number of aliphatic hydroxyl groups is 4. The Kier molecular flexibility index (Phi) is 7.29. The van der Waals surface area contributed by atoms with Gasteiger partial charge in [-0.3, -0.25) is 4.90 Å². The van der Waals surface area contributed by atoms with Crippen molar-refractivity contribution >= 4 is 12.0 Å². The van der Waals surface area contributed by atoms with E-state index in [2.05, 4.69) is 5.32 Å². The third-order valence-electron chi connectivity index (χ3n) is 5.58. The van der Waals surface area contributed by atoms with Crippen LogP contribution in [0, 0.1) is 0 Å². The van der Waals surface area contributed by atoms with E-state index in [4.69, 9.17) is 9.47 Å². The molecule has 1 fully saturated rings. The lowest BCUT2D eigenvalue weighted by Gasteiger charge is -2.43. The van der Waals surface area contributed by atoms with Crippen molar-refractivity contribution in [2.75, 3.05) is 19.8 Å². The van der Waals surface area contributed by atoms with Gasteiger partial charge in [-0.1, -0.05) is 30.3 Å². The zero-order valence-electron chi connectivity index (χ0n) is 17.3. The molecule has 10 nitrogen and oxygen atoms in total. The monoisotopic (exact) mass is 436 g/mol. The number of hydrogen-bond donors (Lipinski definition) is 5. The minimum atomic E-state index is -1.56. The number of rotatable bonds is 6. The number of ether oxygens (including phenoxy) is 2. The van der Waals surface area contributed by atoms with Gasteiger partial charge in [0.05, 0.1) is 31.4 Å². The first kappa shape index (κ1) is 23.2. The zero-order valence-corrected chi connectivity index (χ0v) is 17.3. The van der Waals surface area contributed by atoms with E-state index in [1.807, 2.05) is 6.07 Å². The van der Waals surface area contributed by atoms with Crippen LogP contribution in [0.4, 0.5) is 4.79 Å². The van der Waals surface area contributed by atoms with E-state index < -0.39 is 55.2 Å². The number of benzene rings is 1. The van der Waals surface area contributed by atoms with Crippen molar-refractivity contribution in [2.45, 2.75) is 50.4 Å². The molecule has 2 aliphatic heterocycles.